The van der Waals surface area contributed by atoms with E-state index in [1.807, 2.05) is 19.1 Å². The number of thioether (sulfide) groups is 1. The second-order valence-corrected chi connectivity index (χ2v) is 11.2. The smallest absolute Gasteiger partial charge is 0.326 e. The highest BCUT2D eigenvalue weighted by Gasteiger charge is 2.37. The molecule has 11 heteroatoms. The standard InChI is InChI=1S/C27H29BrN2O7S/c1-6-35-20-12-17(13-21-25(33)30(26(34)38-21)14-23(32)37-27(3,4)5)11-19(28)24(20)36-15-22(31)29-18-9-7-16(2)8-10-18/h7-13H,6,14-15H2,1-5H3,(H,29,31). The molecule has 3 amide bonds. The normalized spacial score (nSPS) is 14.6. The molecule has 2 aromatic carbocycles. The zero-order chi connectivity index (χ0) is 28.0. The molecule has 0 unspecified atom stereocenters. The Labute approximate surface area is 234 Å². The quantitative estimate of drug-likeness (QED) is 0.293. The van der Waals surface area contributed by atoms with Crippen LogP contribution in [0.15, 0.2) is 45.8 Å². The third kappa shape index (κ3) is 8.09. The number of halogens is 1. The lowest BCUT2D eigenvalue weighted by Gasteiger charge is -2.21. The second kappa shape index (κ2) is 12.5. The van der Waals surface area contributed by atoms with Gasteiger partial charge in [0, 0.05) is 5.69 Å². The van der Waals surface area contributed by atoms with Crippen molar-refractivity contribution in [1.29, 1.82) is 0 Å². The van der Waals surface area contributed by atoms with Crippen LogP contribution in [0, 0.1) is 6.92 Å². The van der Waals surface area contributed by atoms with E-state index in [1.165, 1.54) is 6.08 Å². The largest absolute Gasteiger partial charge is 0.490 e. The third-order valence-corrected chi connectivity index (χ3v) is 6.39. The molecule has 0 radical (unpaired) electrons. The van der Waals surface area contributed by atoms with Gasteiger partial charge in [-0.15, -0.1) is 0 Å². The summed E-state index contributed by atoms with van der Waals surface area (Å²) >= 11 is 4.18. The van der Waals surface area contributed by atoms with Crippen LogP contribution in [-0.4, -0.2) is 53.3 Å². The molecule has 3 rings (SSSR count). The number of carbonyl (C=O) groups excluding carboxylic acids is 4. The van der Waals surface area contributed by atoms with Gasteiger partial charge in [-0.2, -0.15) is 0 Å². The molecule has 9 nitrogen and oxygen atoms in total. The Hall–Kier alpha value is -3.31. The lowest BCUT2D eigenvalue weighted by molar-refractivity contribution is -0.156. The topological polar surface area (TPSA) is 111 Å². The van der Waals surface area contributed by atoms with E-state index in [0.717, 1.165) is 22.2 Å². The van der Waals surface area contributed by atoms with Gasteiger partial charge < -0.3 is 19.5 Å². The summed E-state index contributed by atoms with van der Waals surface area (Å²) in [7, 11) is 0. The van der Waals surface area contributed by atoms with Gasteiger partial charge in [0.05, 0.1) is 16.0 Å². The van der Waals surface area contributed by atoms with Gasteiger partial charge in [0.15, 0.2) is 18.1 Å². The number of amides is 3. The molecule has 1 aliphatic rings. The summed E-state index contributed by atoms with van der Waals surface area (Å²) in [5.41, 5.74) is 1.56. The van der Waals surface area contributed by atoms with Crippen LogP contribution in [0.1, 0.15) is 38.8 Å². The molecule has 0 atom stereocenters. The molecule has 1 heterocycles. The molecule has 1 aliphatic heterocycles. The number of hydrogen-bond acceptors (Lipinski definition) is 8. The molecule has 0 spiro atoms. The molecule has 0 aromatic heterocycles. The van der Waals surface area contributed by atoms with Gasteiger partial charge in [-0.05, 0) is 98.2 Å². The summed E-state index contributed by atoms with van der Waals surface area (Å²) in [6, 6.07) is 10.7. The fraction of sp³-hybridized carbons (Fsp3) is 0.333. The monoisotopic (exact) mass is 604 g/mol. The second-order valence-electron chi connectivity index (χ2n) is 9.32. The van der Waals surface area contributed by atoms with Gasteiger partial charge in [0.25, 0.3) is 17.1 Å². The van der Waals surface area contributed by atoms with E-state index in [9.17, 15) is 19.2 Å². The zero-order valence-corrected chi connectivity index (χ0v) is 24.2. The number of carbonyl (C=O) groups is 4. The average Bonchev–Trinajstić information content (AvgIpc) is 3.06. The Balaban J connectivity index is 1.73. The van der Waals surface area contributed by atoms with Gasteiger partial charge in [0.2, 0.25) is 0 Å². The maximum atomic E-state index is 12.8. The molecule has 0 bridgehead atoms. The maximum absolute atomic E-state index is 12.8. The lowest BCUT2D eigenvalue weighted by Crippen LogP contribution is -2.37. The minimum atomic E-state index is -0.734. The number of ether oxygens (including phenoxy) is 3. The molecule has 2 aromatic rings. The van der Waals surface area contributed by atoms with E-state index >= 15 is 0 Å². The highest BCUT2D eigenvalue weighted by molar-refractivity contribution is 9.10. The van der Waals surface area contributed by atoms with Gasteiger partial charge in [-0.25, -0.2) is 0 Å². The highest BCUT2D eigenvalue weighted by Crippen LogP contribution is 2.39. The van der Waals surface area contributed by atoms with Gasteiger partial charge in [0.1, 0.15) is 12.1 Å². The fourth-order valence-corrected chi connectivity index (χ4v) is 4.75. The Morgan fingerprint density at radius 1 is 1.11 bits per heavy atom. The fourth-order valence-electron chi connectivity index (χ4n) is 3.34. The minimum Gasteiger partial charge on any atom is -0.490 e. The van der Waals surface area contributed by atoms with Crippen molar-refractivity contribution in [1.82, 2.24) is 4.90 Å². The van der Waals surface area contributed by atoms with Crippen LogP contribution in [-0.2, 0) is 19.1 Å². The SMILES string of the molecule is CCOc1cc(C=C2SC(=O)N(CC(=O)OC(C)(C)C)C2=O)cc(Br)c1OCC(=O)Nc1ccc(C)cc1. The Kier molecular flexibility index (Phi) is 9.61. The van der Waals surface area contributed by atoms with Gasteiger partial charge in [-0.3, -0.25) is 24.1 Å². The van der Waals surface area contributed by atoms with Crippen LogP contribution in [0.4, 0.5) is 10.5 Å². The average molecular weight is 606 g/mol. The predicted octanol–water partition coefficient (Wildman–Crippen LogP) is 5.55. The predicted molar refractivity (Wildman–Crippen MR) is 149 cm³/mol. The molecule has 202 valence electrons. The Morgan fingerprint density at radius 3 is 2.42 bits per heavy atom. The lowest BCUT2D eigenvalue weighted by atomic mass is 10.1. The van der Waals surface area contributed by atoms with Crippen molar-refractivity contribution in [2.24, 2.45) is 0 Å². The van der Waals surface area contributed by atoms with Crippen molar-refractivity contribution in [3.63, 3.8) is 0 Å². The highest BCUT2D eigenvalue weighted by atomic mass is 79.9. The minimum absolute atomic E-state index is 0.152. The molecule has 0 saturated carbocycles. The van der Waals surface area contributed by atoms with Crippen molar-refractivity contribution in [2.75, 3.05) is 25.1 Å². The Morgan fingerprint density at radius 2 is 1.79 bits per heavy atom. The summed E-state index contributed by atoms with van der Waals surface area (Å²) in [6.45, 7) is 8.48. The van der Waals surface area contributed by atoms with E-state index < -0.39 is 29.3 Å². The molecule has 1 fully saturated rings. The third-order valence-electron chi connectivity index (χ3n) is 4.89. The van der Waals surface area contributed by atoms with Gasteiger partial charge in [-0.1, -0.05) is 17.7 Å². The number of nitrogens with one attached hydrogen (secondary N) is 1. The number of aryl methyl sites for hydroxylation is 1. The maximum Gasteiger partial charge on any atom is 0.326 e. The first-order valence-corrected chi connectivity index (χ1v) is 13.4. The van der Waals surface area contributed by atoms with Crippen molar-refractivity contribution >= 4 is 62.5 Å². The first-order valence-electron chi connectivity index (χ1n) is 11.8. The van der Waals surface area contributed by atoms with Gasteiger partial charge >= 0.3 is 5.97 Å². The summed E-state index contributed by atoms with van der Waals surface area (Å²) in [5, 5.41) is 2.21. The van der Waals surface area contributed by atoms with Crippen LogP contribution in [0.25, 0.3) is 6.08 Å². The number of rotatable bonds is 9. The number of nitrogens with zero attached hydrogens (tertiary/aromatic N) is 1. The van der Waals surface area contributed by atoms with Crippen LogP contribution in [0.3, 0.4) is 0 Å². The molecule has 0 aliphatic carbocycles. The summed E-state index contributed by atoms with van der Waals surface area (Å²) in [5.74, 6) is -0.931. The molecule has 1 N–H and O–H groups in total. The van der Waals surface area contributed by atoms with E-state index in [4.69, 9.17) is 14.2 Å². The van der Waals surface area contributed by atoms with E-state index in [2.05, 4.69) is 21.2 Å². The first kappa shape index (κ1) is 29.2. The van der Waals surface area contributed by atoms with E-state index in [-0.39, 0.29) is 17.4 Å². The van der Waals surface area contributed by atoms with Crippen molar-refractivity contribution < 1.29 is 33.4 Å². The summed E-state index contributed by atoms with van der Waals surface area (Å²) < 4.78 is 17.2. The number of hydrogen-bond donors (Lipinski definition) is 1. The Bertz CT molecular complexity index is 1270. The number of anilines is 1. The summed E-state index contributed by atoms with van der Waals surface area (Å²) in [6.07, 6.45) is 1.53. The molecule has 38 heavy (non-hydrogen) atoms. The number of benzene rings is 2. The van der Waals surface area contributed by atoms with Crippen molar-refractivity contribution in [3.05, 3.63) is 56.9 Å². The van der Waals surface area contributed by atoms with Crippen LogP contribution in [0.5, 0.6) is 11.5 Å². The molecule has 1 saturated heterocycles. The van der Waals surface area contributed by atoms with E-state index in [0.29, 0.717) is 33.8 Å². The first-order chi connectivity index (χ1) is 17.9. The number of imide groups is 1. The molecular weight excluding hydrogens is 576 g/mol. The van der Waals surface area contributed by atoms with Crippen LogP contribution >= 0.6 is 27.7 Å². The van der Waals surface area contributed by atoms with Crippen LogP contribution in [0.2, 0.25) is 0 Å². The zero-order valence-electron chi connectivity index (χ0n) is 21.8. The van der Waals surface area contributed by atoms with Crippen molar-refractivity contribution in [3.8, 4) is 11.5 Å². The molecular formula is C27H29BrN2O7S. The van der Waals surface area contributed by atoms with Crippen molar-refractivity contribution in [2.45, 2.75) is 40.2 Å². The number of esters is 1. The van der Waals surface area contributed by atoms with Crippen LogP contribution < -0.4 is 14.8 Å². The van der Waals surface area contributed by atoms with E-state index in [1.54, 1.807) is 52.0 Å². The summed E-state index contributed by atoms with van der Waals surface area (Å²) in [4.78, 5) is 50.8.